The minimum Gasteiger partial charge on any atom is -0.497 e. The van der Waals surface area contributed by atoms with Gasteiger partial charge in [0.05, 0.1) is 12.8 Å². The lowest BCUT2D eigenvalue weighted by Crippen LogP contribution is -2.00. The van der Waals surface area contributed by atoms with E-state index in [-0.39, 0.29) is 0 Å². The van der Waals surface area contributed by atoms with Gasteiger partial charge in [-0.05, 0) is 49.4 Å². The quantitative estimate of drug-likeness (QED) is 0.349. The van der Waals surface area contributed by atoms with E-state index in [1.54, 1.807) is 18.9 Å². The van der Waals surface area contributed by atoms with E-state index in [4.69, 9.17) is 9.72 Å². The normalized spacial score (nSPS) is 11.2. The van der Waals surface area contributed by atoms with Gasteiger partial charge >= 0.3 is 0 Å². The number of aryl methyl sites for hydroxylation is 1. The minimum atomic E-state index is 0.698. The van der Waals surface area contributed by atoms with Crippen LogP contribution in [0.5, 0.6) is 5.75 Å². The second kappa shape index (κ2) is 8.28. The Hall–Kier alpha value is -3.58. The summed E-state index contributed by atoms with van der Waals surface area (Å²) in [6.45, 7) is 2.08. The van der Waals surface area contributed by atoms with E-state index in [0.29, 0.717) is 5.75 Å². The molecule has 7 heteroatoms. The second-order valence-corrected chi connectivity index (χ2v) is 8.14. The molecule has 3 aromatic heterocycles. The van der Waals surface area contributed by atoms with Crippen molar-refractivity contribution in [2.45, 2.75) is 17.8 Å². The highest BCUT2D eigenvalue weighted by Crippen LogP contribution is 2.30. The van der Waals surface area contributed by atoms with E-state index < -0.39 is 0 Å². The lowest BCUT2D eigenvalue weighted by Gasteiger charge is -2.11. The molecular weight excluding hydrogens is 406 g/mol. The van der Waals surface area contributed by atoms with Crippen molar-refractivity contribution in [3.05, 3.63) is 90.4 Å². The standard InChI is InChI=1S/C24H21N5OS/c1-17-6-5-7-18(14-17)23-26-27-24(29(23)20-9-11-21(30-2)12-10-20)31-16-19-15-28-13-4-3-8-22(28)25-19/h3-15H,16H2,1-2H3. The predicted molar refractivity (Wildman–Crippen MR) is 123 cm³/mol. The van der Waals surface area contributed by atoms with Crippen molar-refractivity contribution in [1.29, 1.82) is 0 Å². The van der Waals surface area contributed by atoms with Crippen LogP contribution in [0.3, 0.4) is 0 Å². The van der Waals surface area contributed by atoms with Crippen LogP contribution < -0.4 is 4.74 Å². The summed E-state index contributed by atoms with van der Waals surface area (Å²) in [6.07, 6.45) is 4.06. The van der Waals surface area contributed by atoms with Gasteiger partial charge in [0, 0.05) is 29.4 Å². The lowest BCUT2D eigenvalue weighted by atomic mass is 10.1. The number of thioether (sulfide) groups is 1. The van der Waals surface area contributed by atoms with E-state index in [2.05, 4.69) is 46.1 Å². The molecule has 0 N–H and O–H groups in total. The van der Waals surface area contributed by atoms with Gasteiger partial charge in [0.25, 0.3) is 0 Å². The maximum Gasteiger partial charge on any atom is 0.196 e. The summed E-state index contributed by atoms with van der Waals surface area (Å²) in [6, 6.07) is 22.3. The largest absolute Gasteiger partial charge is 0.497 e. The average molecular weight is 428 g/mol. The molecule has 0 spiro atoms. The molecule has 31 heavy (non-hydrogen) atoms. The topological polar surface area (TPSA) is 57.2 Å². The molecule has 154 valence electrons. The van der Waals surface area contributed by atoms with Crippen molar-refractivity contribution in [3.8, 4) is 22.8 Å². The summed E-state index contributed by atoms with van der Waals surface area (Å²) in [5, 5.41) is 9.88. The molecule has 0 aliphatic rings. The molecule has 0 unspecified atom stereocenters. The van der Waals surface area contributed by atoms with Crippen molar-refractivity contribution in [1.82, 2.24) is 24.1 Å². The summed E-state index contributed by atoms with van der Waals surface area (Å²) >= 11 is 1.62. The van der Waals surface area contributed by atoms with Gasteiger partial charge in [-0.3, -0.25) is 4.57 Å². The van der Waals surface area contributed by atoms with E-state index in [1.807, 2.05) is 59.1 Å². The first-order valence-electron chi connectivity index (χ1n) is 9.93. The van der Waals surface area contributed by atoms with Crippen LogP contribution in [0.4, 0.5) is 0 Å². The number of methoxy groups -OCH3 is 1. The molecule has 6 nitrogen and oxygen atoms in total. The number of ether oxygens (including phenoxy) is 1. The van der Waals surface area contributed by atoms with Crippen molar-refractivity contribution >= 4 is 17.4 Å². The summed E-state index contributed by atoms with van der Waals surface area (Å²) in [7, 11) is 1.67. The van der Waals surface area contributed by atoms with Gasteiger partial charge in [0.15, 0.2) is 11.0 Å². The monoisotopic (exact) mass is 427 g/mol. The molecule has 0 aliphatic carbocycles. The molecule has 0 radical (unpaired) electrons. The molecule has 0 atom stereocenters. The highest BCUT2D eigenvalue weighted by molar-refractivity contribution is 7.98. The van der Waals surface area contributed by atoms with Crippen LogP contribution in [0.25, 0.3) is 22.7 Å². The zero-order chi connectivity index (χ0) is 21.2. The molecule has 5 aromatic rings. The molecule has 5 rings (SSSR count). The van der Waals surface area contributed by atoms with Crippen LogP contribution in [0, 0.1) is 6.92 Å². The fourth-order valence-corrected chi connectivity index (χ4v) is 4.33. The Morgan fingerprint density at radius 3 is 2.61 bits per heavy atom. The number of hydrogen-bond acceptors (Lipinski definition) is 5. The van der Waals surface area contributed by atoms with Crippen LogP contribution >= 0.6 is 11.8 Å². The third kappa shape index (κ3) is 3.92. The Bertz CT molecular complexity index is 1310. The summed E-state index contributed by atoms with van der Waals surface area (Å²) < 4.78 is 9.45. The molecule has 0 fully saturated rings. The van der Waals surface area contributed by atoms with Gasteiger partial charge in [0.2, 0.25) is 0 Å². The molecule has 2 aromatic carbocycles. The van der Waals surface area contributed by atoms with Crippen LogP contribution in [-0.2, 0) is 5.75 Å². The smallest absolute Gasteiger partial charge is 0.196 e. The SMILES string of the molecule is COc1ccc(-n2c(SCc3cn4ccccc4n3)nnc2-c2cccc(C)c2)cc1. The predicted octanol–water partition coefficient (Wildman–Crippen LogP) is 5.19. The first-order valence-corrected chi connectivity index (χ1v) is 10.9. The first-order chi connectivity index (χ1) is 15.2. The number of imidazole rings is 1. The zero-order valence-corrected chi connectivity index (χ0v) is 18.1. The summed E-state index contributed by atoms with van der Waals surface area (Å²) in [4.78, 5) is 4.70. The highest BCUT2D eigenvalue weighted by Gasteiger charge is 2.17. The van der Waals surface area contributed by atoms with Crippen LogP contribution in [-0.4, -0.2) is 31.3 Å². The van der Waals surface area contributed by atoms with Gasteiger partial charge in [0.1, 0.15) is 11.4 Å². The maximum absolute atomic E-state index is 5.33. The molecule has 0 amide bonds. The fourth-order valence-electron chi connectivity index (χ4n) is 3.49. The van der Waals surface area contributed by atoms with Gasteiger partial charge in [-0.2, -0.15) is 0 Å². The third-order valence-electron chi connectivity index (χ3n) is 5.00. The van der Waals surface area contributed by atoms with Crippen molar-refractivity contribution in [2.75, 3.05) is 7.11 Å². The minimum absolute atomic E-state index is 0.698. The maximum atomic E-state index is 5.33. The van der Waals surface area contributed by atoms with Crippen molar-refractivity contribution in [3.63, 3.8) is 0 Å². The van der Waals surface area contributed by atoms with Gasteiger partial charge in [-0.25, -0.2) is 4.98 Å². The second-order valence-electron chi connectivity index (χ2n) is 7.20. The Morgan fingerprint density at radius 2 is 1.84 bits per heavy atom. The number of fused-ring (bicyclic) bond motifs is 1. The number of nitrogens with zero attached hydrogens (tertiary/aromatic N) is 5. The van der Waals surface area contributed by atoms with E-state index in [9.17, 15) is 0 Å². The summed E-state index contributed by atoms with van der Waals surface area (Å²) in [5.74, 6) is 2.32. The van der Waals surface area contributed by atoms with E-state index in [1.165, 1.54) is 5.56 Å². The first kappa shape index (κ1) is 19.4. The van der Waals surface area contributed by atoms with Gasteiger partial charge in [-0.15, -0.1) is 10.2 Å². The number of pyridine rings is 1. The van der Waals surface area contributed by atoms with Crippen LogP contribution in [0.15, 0.2) is 84.3 Å². The van der Waals surface area contributed by atoms with Gasteiger partial charge in [-0.1, -0.05) is 41.6 Å². The fraction of sp³-hybridized carbons (Fsp3) is 0.125. The molecule has 0 bridgehead atoms. The number of hydrogen-bond donors (Lipinski definition) is 0. The lowest BCUT2D eigenvalue weighted by molar-refractivity contribution is 0.414. The van der Waals surface area contributed by atoms with Crippen molar-refractivity contribution in [2.24, 2.45) is 0 Å². The van der Waals surface area contributed by atoms with Gasteiger partial charge < -0.3 is 9.14 Å². The Labute approximate surface area is 184 Å². The molecular formula is C24H21N5OS. The Morgan fingerprint density at radius 1 is 0.968 bits per heavy atom. The summed E-state index contributed by atoms with van der Waals surface area (Å²) in [5.41, 5.74) is 5.14. The zero-order valence-electron chi connectivity index (χ0n) is 17.3. The van der Waals surface area contributed by atoms with E-state index >= 15 is 0 Å². The highest BCUT2D eigenvalue weighted by atomic mass is 32.2. The molecule has 0 aliphatic heterocycles. The number of benzene rings is 2. The number of aromatic nitrogens is 5. The van der Waals surface area contributed by atoms with E-state index in [0.717, 1.165) is 39.3 Å². The number of rotatable bonds is 6. The van der Waals surface area contributed by atoms with Crippen LogP contribution in [0.2, 0.25) is 0 Å². The third-order valence-corrected chi connectivity index (χ3v) is 5.97. The van der Waals surface area contributed by atoms with Crippen LogP contribution in [0.1, 0.15) is 11.3 Å². The Kier molecular flexibility index (Phi) is 5.18. The average Bonchev–Trinajstić information content (AvgIpc) is 3.41. The molecule has 3 heterocycles. The van der Waals surface area contributed by atoms with Crippen molar-refractivity contribution < 1.29 is 4.74 Å². The Balaban J connectivity index is 1.52. The molecule has 0 saturated carbocycles. The molecule has 0 saturated heterocycles.